The normalized spacial score (nSPS) is 14.9. The van der Waals surface area contributed by atoms with Crippen LogP contribution in [0.3, 0.4) is 0 Å². The zero-order chi connectivity index (χ0) is 24.9. The number of carbonyl (C=O) groups excluding carboxylic acids is 2. The molecule has 2 amide bonds. The van der Waals surface area contributed by atoms with Gasteiger partial charge in [0.2, 0.25) is 5.91 Å². The summed E-state index contributed by atoms with van der Waals surface area (Å²) in [5, 5.41) is 2.08. The lowest BCUT2D eigenvalue weighted by Gasteiger charge is -2.37. The van der Waals surface area contributed by atoms with E-state index in [2.05, 4.69) is 24.4 Å². The van der Waals surface area contributed by atoms with Crippen molar-refractivity contribution >= 4 is 23.2 Å². The molecule has 4 rings (SSSR count). The zero-order valence-electron chi connectivity index (χ0n) is 20.7. The van der Waals surface area contributed by atoms with Crippen molar-refractivity contribution in [2.24, 2.45) is 0 Å². The van der Waals surface area contributed by atoms with E-state index in [1.165, 1.54) is 10.4 Å². The molecule has 0 aliphatic carbocycles. The number of rotatable bonds is 8. The Hall–Kier alpha value is -3.32. The van der Waals surface area contributed by atoms with Crippen molar-refractivity contribution < 1.29 is 19.1 Å². The van der Waals surface area contributed by atoms with E-state index in [1.54, 1.807) is 47.6 Å². The first-order valence-electron chi connectivity index (χ1n) is 11.9. The molecule has 2 aromatic carbocycles. The molecule has 3 aromatic rings. The Balaban J connectivity index is 1.50. The van der Waals surface area contributed by atoms with Crippen molar-refractivity contribution in [2.45, 2.75) is 33.2 Å². The lowest BCUT2D eigenvalue weighted by molar-refractivity contribution is -0.135. The van der Waals surface area contributed by atoms with Crippen molar-refractivity contribution in [1.82, 2.24) is 9.80 Å². The fourth-order valence-electron chi connectivity index (χ4n) is 4.50. The van der Waals surface area contributed by atoms with Crippen LogP contribution in [0.2, 0.25) is 0 Å². The molecule has 0 saturated carbocycles. The standard InChI is InChI=1S/C28H32N2O4S/c1-5-29(28(32)21-7-9-22(33-4)10-8-21)17-27(31)30-14-12-26-23(13-15-35-26)24(30)18-34-25-11-6-19(2)16-20(25)3/h6-11,13,15-16,24H,5,12,14,17-18H2,1-4H3/t24-/m0/s1. The minimum absolute atomic E-state index is 0.0287. The molecule has 184 valence electrons. The number of thiophene rings is 1. The maximum atomic E-state index is 13.5. The number of likely N-dealkylation sites (N-methyl/N-ethyl adjacent to an activating group) is 1. The summed E-state index contributed by atoms with van der Waals surface area (Å²) >= 11 is 1.72. The summed E-state index contributed by atoms with van der Waals surface area (Å²) < 4.78 is 11.4. The first-order chi connectivity index (χ1) is 16.9. The topological polar surface area (TPSA) is 59.1 Å². The van der Waals surface area contributed by atoms with Crippen LogP contribution in [-0.2, 0) is 11.2 Å². The highest BCUT2D eigenvalue weighted by Gasteiger charge is 2.33. The molecule has 0 saturated heterocycles. The number of aryl methyl sites for hydroxylation is 2. The highest BCUT2D eigenvalue weighted by Crippen LogP contribution is 2.34. The minimum Gasteiger partial charge on any atom is -0.497 e. The van der Waals surface area contributed by atoms with E-state index in [9.17, 15) is 9.59 Å². The third kappa shape index (κ3) is 5.51. The van der Waals surface area contributed by atoms with E-state index >= 15 is 0 Å². The maximum Gasteiger partial charge on any atom is 0.254 e. The van der Waals surface area contributed by atoms with Gasteiger partial charge >= 0.3 is 0 Å². The summed E-state index contributed by atoms with van der Waals surface area (Å²) in [5.41, 5.74) is 3.94. The molecule has 0 N–H and O–H groups in total. The predicted octanol–water partition coefficient (Wildman–Crippen LogP) is 5.04. The van der Waals surface area contributed by atoms with Gasteiger partial charge in [0, 0.05) is 23.5 Å². The average molecular weight is 493 g/mol. The minimum atomic E-state index is -0.187. The number of fused-ring (bicyclic) bond motifs is 1. The van der Waals surface area contributed by atoms with E-state index < -0.39 is 0 Å². The number of methoxy groups -OCH3 is 1. The second-order valence-corrected chi connectivity index (χ2v) is 9.78. The van der Waals surface area contributed by atoms with Gasteiger partial charge in [-0.15, -0.1) is 11.3 Å². The monoisotopic (exact) mass is 492 g/mol. The number of nitrogens with zero attached hydrogens (tertiary/aromatic N) is 2. The summed E-state index contributed by atoms with van der Waals surface area (Å²) in [5.74, 6) is 1.28. The molecule has 0 unspecified atom stereocenters. The predicted molar refractivity (Wildman–Crippen MR) is 138 cm³/mol. The van der Waals surface area contributed by atoms with Crippen LogP contribution in [-0.4, -0.2) is 55.0 Å². The second-order valence-electron chi connectivity index (χ2n) is 8.78. The Morgan fingerprint density at radius 3 is 2.57 bits per heavy atom. The molecule has 0 radical (unpaired) electrons. The van der Waals surface area contributed by atoms with Gasteiger partial charge in [-0.05, 0) is 80.1 Å². The van der Waals surface area contributed by atoms with Gasteiger partial charge in [-0.1, -0.05) is 17.7 Å². The smallest absolute Gasteiger partial charge is 0.254 e. The van der Waals surface area contributed by atoms with Gasteiger partial charge in [-0.2, -0.15) is 0 Å². The molecule has 0 spiro atoms. The largest absolute Gasteiger partial charge is 0.497 e. The molecule has 0 bridgehead atoms. The number of amides is 2. The number of ether oxygens (including phenoxy) is 2. The van der Waals surface area contributed by atoms with Crippen molar-refractivity contribution in [3.8, 4) is 11.5 Å². The SMILES string of the molecule is CCN(CC(=O)N1CCc2sccc2[C@@H]1COc1ccc(C)cc1C)C(=O)c1ccc(OC)cc1. The first kappa shape index (κ1) is 24.8. The highest BCUT2D eigenvalue weighted by atomic mass is 32.1. The van der Waals surface area contributed by atoms with Crippen molar-refractivity contribution in [3.63, 3.8) is 0 Å². The fraction of sp³-hybridized carbons (Fsp3) is 0.357. The summed E-state index contributed by atoms with van der Waals surface area (Å²) in [7, 11) is 1.59. The van der Waals surface area contributed by atoms with Crippen LogP contribution >= 0.6 is 11.3 Å². The van der Waals surface area contributed by atoms with Crippen LogP contribution in [0.4, 0.5) is 0 Å². The van der Waals surface area contributed by atoms with Gasteiger partial charge in [-0.3, -0.25) is 9.59 Å². The molecule has 2 heterocycles. The fourth-order valence-corrected chi connectivity index (χ4v) is 5.43. The highest BCUT2D eigenvalue weighted by molar-refractivity contribution is 7.10. The lowest BCUT2D eigenvalue weighted by atomic mass is 10.00. The summed E-state index contributed by atoms with van der Waals surface area (Å²) in [6.45, 7) is 7.44. The Bertz CT molecular complexity index is 1190. The first-order valence-corrected chi connectivity index (χ1v) is 12.8. The summed E-state index contributed by atoms with van der Waals surface area (Å²) in [6.07, 6.45) is 0.817. The number of benzene rings is 2. The molecular weight excluding hydrogens is 460 g/mol. The van der Waals surface area contributed by atoms with Gasteiger partial charge in [0.05, 0.1) is 13.2 Å². The zero-order valence-corrected chi connectivity index (χ0v) is 21.6. The van der Waals surface area contributed by atoms with Gasteiger partial charge in [-0.25, -0.2) is 0 Å². The van der Waals surface area contributed by atoms with Gasteiger partial charge < -0.3 is 19.3 Å². The molecular formula is C28H32N2O4S. The third-order valence-corrected chi connectivity index (χ3v) is 7.47. The average Bonchev–Trinajstić information content (AvgIpc) is 3.35. The van der Waals surface area contributed by atoms with Crippen molar-refractivity contribution in [2.75, 3.05) is 33.4 Å². The quantitative estimate of drug-likeness (QED) is 0.442. The van der Waals surface area contributed by atoms with Crippen LogP contribution in [0.1, 0.15) is 44.9 Å². The Morgan fingerprint density at radius 1 is 1.11 bits per heavy atom. The van der Waals surface area contributed by atoms with Crippen LogP contribution in [0.15, 0.2) is 53.9 Å². The molecule has 35 heavy (non-hydrogen) atoms. The second kappa shape index (κ2) is 11.0. The van der Waals surface area contributed by atoms with E-state index in [1.807, 2.05) is 30.9 Å². The number of hydrogen-bond acceptors (Lipinski definition) is 5. The Morgan fingerprint density at radius 2 is 1.89 bits per heavy atom. The van der Waals surface area contributed by atoms with E-state index in [0.29, 0.717) is 31.0 Å². The van der Waals surface area contributed by atoms with Gasteiger partial charge in [0.15, 0.2) is 0 Å². The van der Waals surface area contributed by atoms with Crippen LogP contribution in [0, 0.1) is 13.8 Å². The lowest BCUT2D eigenvalue weighted by Crippen LogP contribution is -2.47. The number of carbonyl (C=O) groups is 2. The number of hydrogen-bond donors (Lipinski definition) is 0. The van der Waals surface area contributed by atoms with Crippen molar-refractivity contribution in [1.29, 1.82) is 0 Å². The van der Waals surface area contributed by atoms with Crippen LogP contribution in [0.25, 0.3) is 0 Å². The summed E-state index contributed by atoms with van der Waals surface area (Å²) in [6, 6.07) is 15.0. The van der Waals surface area contributed by atoms with Gasteiger partial charge in [0.1, 0.15) is 24.7 Å². The molecule has 1 aliphatic rings. The maximum absolute atomic E-state index is 13.5. The molecule has 0 fully saturated rings. The third-order valence-electron chi connectivity index (χ3n) is 6.47. The van der Waals surface area contributed by atoms with E-state index in [0.717, 1.165) is 23.3 Å². The molecule has 6 nitrogen and oxygen atoms in total. The summed E-state index contributed by atoms with van der Waals surface area (Å²) in [4.78, 5) is 31.4. The van der Waals surface area contributed by atoms with E-state index in [-0.39, 0.29) is 24.4 Å². The Kier molecular flexibility index (Phi) is 7.76. The van der Waals surface area contributed by atoms with E-state index in [4.69, 9.17) is 9.47 Å². The Labute approximate surface area is 211 Å². The van der Waals surface area contributed by atoms with Crippen LogP contribution in [0.5, 0.6) is 11.5 Å². The molecule has 1 aromatic heterocycles. The molecule has 7 heteroatoms. The molecule has 1 atom stereocenters. The van der Waals surface area contributed by atoms with Crippen LogP contribution < -0.4 is 9.47 Å². The van der Waals surface area contributed by atoms with Crippen molar-refractivity contribution in [3.05, 3.63) is 81.0 Å². The van der Waals surface area contributed by atoms with Gasteiger partial charge in [0.25, 0.3) is 5.91 Å². The molecule has 1 aliphatic heterocycles.